The second kappa shape index (κ2) is 6.59. The zero-order valence-corrected chi connectivity index (χ0v) is 13.0. The van der Waals surface area contributed by atoms with Crippen LogP contribution < -0.4 is 5.32 Å². The fourth-order valence-electron chi connectivity index (χ4n) is 3.62. The Morgan fingerprint density at radius 1 is 1.19 bits per heavy atom. The van der Waals surface area contributed by atoms with E-state index in [9.17, 15) is 0 Å². The van der Waals surface area contributed by atoms with Crippen LogP contribution in [0.5, 0.6) is 0 Å². The molecule has 3 unspecified atom stereocenters. The third-order valence-electron chi connectivity index (χ3n) is 4.74. The Labute approximate surface area is 127 Å². The zero-order chi connectivity index (χ0) is 14.7. The maximum absolute atomic E-state index is 5.78. The molecule has 0 bridgehead atoms. The van der Waals surface area contributed by atoms with E-state index in [1.165, 1.54) is 22.8 Å². The van der Waals surface area contributed by atoms with Gasteiger partial charge < -0.3 is 10.1 Å². The first-order valence-corrected chi connectivity index (χ1v) is 8.11. The van der Waals surface area contributed by atoms with Crippen LogP contribution in [0, 0.1) is 5.92 Å². The third-order valence-corrected chi connectivity index (χ3v) is 4.74. The van der Waals surface area contributed by atoms with Crippen molar-refractivity contribution in [3.05, 3.63) is 48.0 Å². The molecule has 1 N–H and O–H groups in total. The Kier molecular flexibility index (Phi) is 4.57. The summed E-state index contributed by atoms with van der Waals surface area (Å²) in [6.07, 6.45) is 2.61. The molecule has 2 nitrogen and oxygen atoms in total. The monoisotopic (exact) mass is 283 g/mol. The maximum Gasteiger partial charge on any atom is 0.0590 e. The smallest absolute Gasteiger partial charge is 0.0590 e. The van der Waals surface area contributed by atoms with Crippen LogP contribution in [0.3, 0.4) is 0 Å². The number of hydrogen-bond acceptors (Lipinski definition) is 2. The van der Waals surface area contributed by atoms with Gasteiger partial charge in [0, 0.05) is 18.6 Å². The Balaban J connectivity index is 1.87. The molecule has 1 aliphatic rings. The highest BCUT2D eigenvalue weighted by Gasteiger charge is 2.31. The molecular formula is C19H25NO. The fraction of sp³-hybridized carbons (Fsp3) is 0.474. The fourth-order valence-corrected chi connectivity index (χ4v) is 3.62. The van der Waals surface area contributed by atoms with E-state index >= 15 is 0 Å². The molecule has 0 aromatic heterocycles. The molecule has 0 saturated carbocycles. The number of likely N-dealkylation sites (N-methyl/N-ethyl adjacent to an activating group) is 1. The van der Waals surface area contributed by atoms with Crippen LogP contribution >= 0.6 is 0 Å². The predicted molar refractivity (Wildman–Crippen MR) is 88.6 cm³/mol. The Morgan fingerprint density at radius 3 is 2.76 bits per heavy atom. The van der Waals surface area contributed by atoms with Crippen LogP contribution in [0.4, 0.5) is 0 Å². The van der Waals surface area contributed by atoms with Crippen LogP contribution in [0.25, 0.3) is 10.8 Å². The zero-order valence-electron chi connectivity index (χ0n) is 13.0. The first-order chi connectivity index (χ1) is 10.3. The second-order valence-electron chi connectivity index (χ2n) is 6.04. The van der Waals surface area contributed by atoms with E-state index in [0.717, 1.165) is 19.6 Å². The molecule has 1 saturated heterocycles. The summed E-state index contributed by atoms with van der Waals surface area (Å²) >= 11 is 0. The molecule has 0 aliphatic carbocycles. The van der Waals surface area contributed by atoms with E-state index in [0.29, 0.717) is 18.1 Å². The molecule has 0 radical (unpaired) electrons. The molecule has 112 valence electrons. The Bertz CT molecular complexity index is 590. The normalized spacial score (nSPS) is 23.5. The summed E-state index contributed by atoms with van der Waals surface area (Å²) in [6.45, 7) is 6.32. The van der Waals surface area contributed by atoms with Gasteiger partial charge in [0.05, 0.1) is 6.10 Å². The average molecular weight is 283 g/mol. The van der Waals surface area contributed by atoms with Gasteiger partial charge in [-0.05, 0) is 42.6 Å². The molecule has 1 fully saturated rings. The highest BCUT2D eigenvalue weighted by molar-refractivity contribution is 5.85. The first kappa shape index (κ1) is 14.6. The van der Waals surface area contributed by atoms with E-state index < -0.39 is 0 Å². The minimum atomic E-state index is 0.365. The standard InChI is InChI=1S/C19H25NO/c1-3-20-19(17-11-12-21-14(17)2)13-16-9-6-8-15-7-4-5-10-18(15)16/h4-10,14,17,19-20H,3,11-13H2,1-2H3. The number of rotatable bonds is 5. The summed E-state index contributed by atoms with van der Waals surface area (Å²) in [5.41, 5.74) is 1.44. The summed E-state index contributed by atoms with van der Waals surface area (Å²) in [5, 5.41) is 6.41. The summed E-state index contributed by atoms with van der Waals surface area (Å²) in [6, 6.07) is 15.8. The number of ether oxygens (including phenoxy) is 1. The van der Waals surface area contributed by atoms with E-state index in [1.807, 2.05) is 0 Å². The van der Waals surface area contributed by atoms with Crippen LogP contribution in [-0.2, 0) is 11.2 Å². The molecule has 1 heterocycles. The van der Waals surface area contributed by atoms with Gasteiger partial charge in [-0.2, -0.15) is 0 Å². The molecular weight excluding hydrogens is 258 g/mol. The minimum absolute atomic E-state index is 0.365. The van der Waals surface area contributed by atoms with Crippen molar-refractivity contribution >= 4 is 10.8 Å². The molecule has 1 aliphatic heterocycles. The third kappa shape index (κ3) is 3.12. The van der Waals surface area contributed by atoms with Crippen molar-refractivity contribution in [2.45, 2.75) is 38.8 Å². The van der Waals surface area contributed by atoms with E-state index in [4.69, 9.17) is 4.74 Å². The molecule has 3 atom stereocenters. The number of nitrogens with one attached hydrogen (secondary N) is 1. The summed E-state index contributed by atoms with van der Waals surface area (Å²) < 4.78 is 5.78. The van der Waals surface area contributed by atoms with Gasteiger partial charge in [-0.25, -0.2) is 0 Å². The maximum atomic E-state index is 5.78. The van der Waals surface area contributed by atoms with Crippen LogP contribution in [-0.4, -0.2) is 25.3 Å². The molecule has 0 amide bonds. The van der Waals surface area contributed by atoms with Crippen molar-refractivity contribution in [1.29, 1.82) is 0 Å². The lowest BCUT2D eigenvalue weighted by Gasteiger charge is -2.27. The van der Waals surface area contributed by atoms with Crippen molar-refractivity contribution < 1.29 is 4.74 Å². The average Bonchev–Trinajstić information content (AvgIpc) is 2.93. The summed E-state index contributed by atoms with van der Waals surface area (Å²) in [4.78, 5) is 0. The molecule has 2 aromatic carbocycles. The first-order valence-electron chi connectivity index (χ1n) is 8.11. The largest absolute Gasteiger partial charge is 0.378 e. The van der Waals surface area contributed by atoms with Crippen LogP contribution in [0.1, 0.15) is 25.8 Å². The summed E-state index contributed by atoms with van der Waals surface area (Å²) in [7, 11) is 0. The van der Waals surface area contributed by atoms with Crippen LogP contribution in [0.15, 0.2) is 42.5 Å². The summed E-state index contributed by atoms with van der Waals surface area (Å²) in [5.74, 6) is 0.615. The van der Waals surface area contributed by atoms with Gasteiger partial charge in [0.15, 0.2) is 0 Å². The highest BCUT2D eigenvalue weighted by atomic mass is 16.5. The predicted octanol–water partition coefficient (Wildman–Crippen LogP) is 3.79. The number of benzene rings is 2. The van der Waals surface area contributed by atoms with Crippen LogP contribution in [0.2, 0.25) is 0 Å². The van der Waals surface area contributed by atoms with Gasteiger partial charge in [0.1, 0.15) is 0 Å². The van der Waals surface area contributed by atoms with Crippen molar-refractivity contribution in [2.75, 3.05) is 13.2 Å². The van der Waals surface area contributed by atoms with Crippen molar-refractivity contribution in [3.63, 3.8) is 0 Å². The quantitative estimate of drug-likeness (QED) is 0.901. The van der Waals surface area contributed by atoms with Crippen molar-refractivity contribution in [3.8, 4) is 0 Å². The van der Waals surface area contributed by atoms with Crippen molar-refractivity contribution in [2.24, 2.45) is 5.92 Å². The topological polar surface area (TPSA) is 21.3 Å². The lowest BCUT2D eigenvalue weighted by atomic mass is 9.87. The van der Waals surface area contributed by atoms with Gasteiger partial charge in [-0.1, -0.05) is 49.4 Å². The molecule has 21 heavy (non-hydrogen) atoms. The second-order valence-corrected chi connectivity index (χ2v) is 6.04. The minimum Gasteiger partial charge on any atom is -0.378 e. The number of hydrogen-bond donors (Lipinski definition) is 1. The van der Waals surface area contributed by atoms with Gasteiger partial charge in [-0.3, -0.25) is 0 Å². The Morgan fingerprint density at radius 2 is 2.00 bits per heavy atom. The molecule has 0 spiro atoms. The number of fused-ring (bicyclic) bond motifs is 1. The lowest BCUT2D eigenvalue weighted by molar-refractivity contribution is 0.0956. The molecule has 2 heteroatoms. The Hall–Kier alpha value is -1.38. The molecule has 2 aromatic rings. The SMILES string of the molecule is CCNC(Cc1cccc2ccccc12)C1CCOC1C. The van der Waals surface area contributed by atoms with Gasteiger partial charge in [-0.15, -0.1) is 0 Å². The van der Waals surface area contributed by atoms with Crippen molar-refractivity contribution in [1.82, 2.24) is 5.32 Å². The van der Waals surface area contributed by atoms with Gasteiger partial charge in [0.25, 0.3) is 0 Å². The van der Waals surface area contributed by atoms with Gasteiger partial charge >= 0.3 is 0 Å². The highest BCUT2D eigenvalue weighted by Crippen LogP contribution is 2.28. The van der Waals surface area contributed by atoms with E-state index in [2.05, 4.69) is 61.6 Å². The van der Waals surface area contributed by atoms with E-state index in [-0.39, 0.29) is 0 Å². The van der Waals surface area contributed by atoms with Gasteiger partial charge in [0.2, 0.25) is 0 Å². The lowest BCUT2D eigenvalue weighted by Crippen LogP contribution is -2.40. The van der Waals surface area contributed by atoms with E-state index in [1.54, 1.807) is 0 Å². The molecule has 3 rings (SSSR count).